The van der Waals surface area contributed by atoms with Gasteiger partial charge in [-0.05, 0) is 58.3 Å². The molecule has 0 bridgehead atoms. The van der Waals surface area contributed by atoms with Gasteiger partial charge in [0.05, 0.1) is 0 Å². The first kappa shape index (κ1) is 11.5. The van der Waals surface area contributed by atoms with Crippen molar-refractivity contribution in [1.82, 2.24) is 4.98 Å². The minimum Gasteiger partial charge on any atom is -0.324 e. The van der Waals surface area contributed by atoms with Gasteiger partial charge in [0.1, 0.15) is 0 Å². The SMILES string of the molecule is NC(Cc1ccc(I)cc1)c1cccnc1. The lowest BCUT2D eigenvalue weighted by atomic mass is 10.0. The molecule has 0 saturated heterocycles. The molecule has 0 amide bonds. The Labute approximate surface area is 109 Å². The first-order valence-corrected chi connectivity index (χ1v) is 6.23. The average Bonchev–Trinajstić information content (AvgIpc) is 2.33. The molecule has 1 unspecified atom stereocenters. The summed E-state index contributed by atoms with van der Waals surface area (Å²) in [5.41, 5.74) is 8.47. The Balaban J connectivity index is 2.08. The van der Waals surface area contributed by atoms with Gasteiger partial charge in [-0.1, -0.05) is 18.2 Å². The molecule has 16 heavy (non-hydrogen) atoms. The Morgan fingerprint density at radius 2 is 1.94 bits per heavy atom. The van der Waals surface area contributed by atoms with Crippen LogP contribution in [-0.2, 0) is 6.42 Å². The highest BCUT2D eigenvalue weighted by atomic mass is 127. The summed E-state index contributed by atoms with van der Waals surface area (Å²) in [4.78, 5) is 4.08. The van der Waals surface area contributed by atoms with Crippen molar-refractivity contribution in [2.45, 2.75) is 12.5 Å². The second kappa shape index (κ2) is 5.41. The molecule has 1 heterocycles. The summed E-state index contributed by atoms with van der Waals surface area (Å²) in [6.07, 6.45) is 4.45. The summed E-state index contributed by atoms with van der Waals surface area (Å²) in [7, 11) is 0. The first-order chi connectivity index (χ1) is 7.75. The fraction of sp³-hybridized carbons (Fsp3) is 0.154. The van der Waals surface area contributed by atoms with Crippen LogP contribution in [0.2, 0.25) is 0 Å². The Bertz CT molecular complexity index is 439. The standard InChI is InChI=1S/C13H13IN2/c14-12-5-3-10(4-6-12)8-13(15)11-2-1-7-16-9-11/h1-7,9,13H,8,15H2. The number of aromatic nitrogens is 1. The predicted octanol–water partition coefficient (Wildman–Crippen LogP) is 2.93. The fourth-order valence-electron chi connectivity index (χ4n) is 1.59. The maximum Gasteiger partial charge on any atom is 0.0351 e. The van der Waals surface area contributed by atoms with E-state index in [-0.39, 0.29) is 6.04 Å². The largest absolute Gasteiger partial charge is 0.324 e. The molecule has 2 N–H and O–H groups in total. The quantitative estimate of drug-likeness (QED) is 0.882. The van der Waals surface area contributed by atoms with E-state index < -0.39 is 0 Å². The van der Waals surface area contributed by atoms with E-state index in [0.29, 0.717) is 0 Å². The molecule has 2 aromatic rings. The number of nitrogens with zero attached hydrogens (tertiary/aromatic N) is 1. The number of pyridine rings is 1. The summed E-state index contributed by atoms with van der Waals surface area (Å²) in [5.74, 6) is 0. The van der Waals surface area contributed by atoms with Crippen LogP contribution in [0.5, 0.6) is 0 Å². The molecule has 2 rings (SSSR count). The van der Waals surface area contributed by atoms with Crippen molar-refractivity contribution in [2.24, 2.45) is 5.73 Å². The third-order valence-corrected chi connectivity index (χ3v) is 3.20. The minimum atomic E-state index is 0.0220. The molecular formula is C13H13IN2. The van der Waals surface area contributed by atoms with Gasteiger partial charge in [-0.25, -0.2) is 0 Å². The molecule has 3 heteroatoms. The summed E-state index contributed by atoms with van der Waals surface area (Å²) < 4.78 is 1.25. The van der Waals surface area contributed by atoms with Crippen molar-refractivity contribution >= 4 is 22.6 Å². The monoisotopic (exact) mass is 324 g/mol. The number of rotatable bonds is 3. The number of halogens is 1. The van der Waals surface area contributed by atoms with Crippen molar-refractivity contribution in [2.75, 3.05) is 0 Å². The molecule has 0 radical (unpaired) electrons. The molecule has 0 aliphatic carbocycles. The van der Waals surface area contributed by atoms with Gasteiger partial charge in [-0.15, -0.1) is 0 Å². The van der Waals surface area contributed by atoms with Crippen LogP contribution in [0.4, 0.5) is 0 Å². The molecule has 1 atom stereocenters. The van der Waals surface area contributed by atoms with Crippen LogP contribution in [0.15, 0.2) is 48.8 Å². The Morgan fingerprint density at radius 3 is 2.56 bits per heavy atom. The molecule has 1 aromatic heterocycles. The van der Waals surface area contributed by atoms with Crippen molar-refractivity contribution in [3.8, 4) is 0 Å². The topological polar surface area (TPSA) is 38.9 Å². The van der Waals surface area contributed by atoms with E-state index in [2.05, 4.69) is 51.8 Å². The van der Waals surface area contributed by atoms with Crippen LogP contribution in [-0.4, -0.2) is 4.98 Å². The predicted molar refractivity (Wildman–Crippen MR) is 74.0 cm³/mol. The smallest absolute Gasteiger partial charge is 0.0351 e. The van der Waals surface area contributed by atoms with Gasteiger partial charge in [-0.2, -0.15) is 0 Å². The van der Waals surface area contributed by atoms with Gasteiger partial charge in [0, 0.05) is 22.0 Å². The average molecular weight is 324 g/mol. The van der Waals surface area contributed by atoms with Crippen LogP contribution < -0.4 is 5.73 Å². The molecule has 0 fully saturated rings. The van der Waals surface area contributed by atoms with Crippen molar-refractivity contribution in [1.29, 1.82) is 0 Å². The van der Waals surface area contributed by atoms with E-state index in [1.807, 2.05) is 18.3 Å². The fourth-order valence-corrected chi connectivity index (χ4v) is 1.95. The summed E-state index contributed by atoms with van der Waals surface area (Å²) >= 11 is 2.30. The maximum absolute atomic E-state index is 6.12. The summed E-state index contributed by atoms with van der Waals surface area (Å²) in [5, 5.41) is 0. The third kappa shape index (κ3) is 3.02. The summed E-state index contributed by atoms with van der Waals surface area (Å²) in [6, 6.07) is 12.4. The minimum absolute atomic E-state index is 0.0220. The van der Waals surface area contributed by atoms with E-state index in [1.165, 1.54) is 9.13 Å². The van der Waals surface area contributed by atoms with E-state index >= 15 is 0 Å². The van der Waals surface area contributed by atoms with E-state index in [0.717, 1.165) is 12.0 Å². The van der Waals surface area contributed by atoms with Gasteiger partial charge in [0.25, 0.3) is 0 Å². The van der Waals surface area contributed by atoms with Crippen LogP contribution in [0.3, 0.4) is 0 Å². The van der Waals surface area contributed by atoms with E-state index in [1.54, 1.807) is 6.20 Å². The van der Waals surface area contributed by atoms with Crippen molar-refractivity contribution in [3.05, 3.63) is 63.5 Å². The van der Waals surface area contributed by atoms with Gasteiger partial charge in [0.2, 0.25) is 0 Å². The number of benzene rings is 1. The molecule has 1 aromatic carbocycles. The lowest BCUT2D eigenvalue weighted by Gasteiger charge is -2.11. The van der Waals surface area contributed by atoms with Crippen molar-refractivity contribution < 1.29 is 0 Å². The highest BCUT2D eigenvalue weighted by Crippen LogP contribution is 2.15. The highest BCUT2D eigenvalue weighted by molar-refractivity contribution is 14.1. The molecule has 0 spiro atoms. The van der Waals surface area contributed by atoms with Crippen LogP contribution in [0, 0.1) is 3.57 Å². The molecule has 0 saturated carbocycles. The lowest BCUT2D eigenvalue weighted by Crippen LogP contribution is -2.13. The number of hydrogen-bond acceptors (Lipinski definition) is 2. The second-order valence-corrected chi connectivity index (χ2v) is 4.97. The van der Waals surface area contributed by atoms with Gasteiger partial charge in [-0.3, -0.25) is 4.98 Å². The first-order valence-electron chi connectivity index (χ1n) is 5.15. The van der Waals surface area contributed by atoms with E-state index in [4.69, 9.17) is 5.73 Å². The summed E-state index contributed by atoms with van der Waals surface area (Å²) in [6.45, 7) is 0. The molecule has 82 valence electrons. The Morgan fingerprint density at radius 1 is 1.19 bits per heavy atom. The maximum atomic E-state index is 6.12. The Hall–Kier alpha value is -0.940. The van der Waals surface area contributed by atoms with E-state index in [9.17, 15) is 0 Å². The van der Waals surface area contributed by atoms with Crippen LogP contribution in [0.25, 0.3) is 0 Å². The third-order valence-electron chi connectivity index (χ3n) is 2.48. The molecule has 2 nitrogen and oxygen atoms in total. The second-order valence-electron chi connectivity index (χ2n) is 3.72. The van der Waals surface area contributed by atoms with Gasteiger partial charge < -0.3 is 5.73 Å². The normalized spacial score (nSPS) is 12.4. The zero-order valence-corrected chi connectivity index (χ0v) is 11.0. The lowest BCUT2D eigenvalue weighted by molar-refractivity contribution is 0.718. The zero-order valence-electron chi connectivity index (χ0n) is 8.81. The van der Waals surface area contributed by atoms with Crippen molar-refractivity contribution in [3.63, 3.8) is 0 Å². The zero-order chi connectivity index (χ0) is 11.4. The Kier molecular flexibility index (Phi) is 3.90. The number of nitrogens with two attached hydrogens (primary N) is 1. The van der Waals surface area contributed by atoms with Gasteiger partial charge in [0.15, 0.2) is 0 Å². The molecule has 0 aliphatic rings. The van der Waals surface area contributed by atoms with Crippen LogP contribution >= 0.6 is 22.6 Å². The molecule has 0 aliphatic heterocycles. The molecular weight excluding hydrogens is 311 g/mol. The van der Waals surface area contributed by atoms with Crippen LogP contribution in [0.1, 0.15) is 17.2 Å². The van der Waals surface area contributed by atoms with Gasteiger partial charge >= 0.3 is 0 Å². The highest BCUT2D eigenvalue weighted by Gasteiger charge is 2.06. The number of hydrogen-bond donors (Lipinski definition) is 1.